The van der Waals surface area contributed by atoms with Crippen LogP contribution in [0.25, 0.3) is 0 Å². The molecular formula is C12H14N6O2S. The molecular weight excluding hydrogens is 292 g/mol. The molecule has 2 aromatic rings. The van der Waals surface area contributed by atoms with Crippen molar-refractivity contribution in [1.82, 2.24) is 15.5 Å². The molecule has 1 amide bonds. The van der Waals surface area contributed by atoms with E-state index in [1.54, 1.807) is 0 Å². The van der Waals surface area contributed by atoms with Gasteiger partial charge in [-0.3, -0.25) is 4.79 Å². The third kappa shape index (κ3) is 3.29. The largest absolute Gasteiger partial charge is 0.396 e. The Morgan fingerprint density at radius 1 is 1.62 bits per heavy atom. The first-order valence-electron chi connectivity index (χ1n) is 6.27. The molecule has 2 aromatic heterocycles. The topological polar surface area (TPSA) is 130 Å². The Labute approximate surface area is 124 Å². The number of amides is 1. The molecule has 0 spiro atoms. The minimum absolute atomic E-state index is 0.203. The summed E-state index contributed by atoms with van der Waals surface area (Å²) in [6.45, 7) is 2.81. The Morgan fingerprint density at radius 3 is 3.05 bits per heavy atom. The lowest BCUT2D eigenvalue weighted by Gasteiger charge is -2.01. The van der Waals surface area contributed by atoms with Gasteiger partial charge in [-0.2, -0.15) is 10.2 Å². The zero-order valence-corrected chi connectivity index (χ0v) is 12.2. The molecule has 2 heterocycles. The van der Waals surface area contributed by atoms with Gasteiger partial charge in [-0.1, -0.05) is 5.16 Å². The first kappa shape index (κ1) is 14.8. The number of nitrogens with one attached hydrogen (secondary N) is 2. The van der Waals surface area contributed by atoms with Crippen molar-refractivity contribution in [2.45, 2.75) is 13.3 Å². The van der Waals surface area contributed by atoms with E-state index in [9.17, 15) is 10.1 Å². The summed E-state index contributed by atoms with van der Waals surface area (Å²) in [5.41, 5.74) is 6.34. The number of anilines is 2. The van der Waals surface area contributed by atoms with E-state index >= 15 is 0 Å². The van der Waals surface area contributed by atoms with Crippen LogP contribution in [0.4, 0.5) is 10.7 Å². The molecule has 110 valence electrons. The van der Waals surface area contributed by atoms with Gasteiger partial charge in [-0.25, -0.2) is 0 Å². The third-order valence-electron chi connectivity index (χ3n) is 2.63. The molecule has 0 aromatic carbocycles. The van der Waals surface area contributed by atoms with Crippen LogP contribution in [-0.2, 0) is 6.42 Å². The first-order chi connectivity index (χ1) is 10.2. The van der Waals surface area contributed by atoms with E-state index in [4.69, 9.17) is 10.3 Å². The second-order valence-corrected chi connectivity index (χ2v) is 5.05. The average molecular weight is 306 g/mol. The van der Waals surface area contributed by atoms with Gasteiger partial charge in [-0.05, 0) is 6.92 Å². The Hall–Kier alpha value is -2.60. The van der Waals surface area contributed by atoms with Gasteiger partial charge in [0.1, 0.15) is 21.5 Å². The van der Waals surface area contributed by atoms with Gasteiger partial charge in [0.25, 0.3) is 5.91 Å². The van der Waals surface area contributed by atoms with Crippen molar-refractivity contribution in [2.24, 2.45) is 0 Å². The highest BCUT2D eigenvalue weighted by atomic mass is 32.1. The summed E-state index contributed by atoms with van der Waals surface area (Å²) in [6.07, 6.45) is 1.84. The minimum Gasteiger partial charge on any atom is -0.396 e. The van der Waals surface area contributed by atoms with Crippen LogP contribution in [0.2, 0.25) is 0 Å². The van der Waals surface area contributed by atoms with Crippen LogP contribution in [-0.4, -0.2) is 29.1 Å². The van der Waals surface area contributed by atoms with Crippen molar-refractivity contribution < 1.29 is 9.32 Å². The highest BCUT2D eigenvalue weighted by molar-refractivity contribution is 7.18. The number of nitrogens with two attached hydrogens (primary N) is 1. The highest BCUT2D eigenvalue weighted by Crippen LogP contribution is 2.35. The SMILES string of the molecule is CCNC(=O)c1sc(NCCc2ncno2)c(C#N)c1N. The zero-order valence-electron chi connectivity index (χ0n) is 11.3. The molecule has 0 fully saturated rings. The number of thiophene rings is 1. The summed E-state index contributed by atoms with van der Waals surface area (Å²) in [5.74, 6) is 0.218. The van der Waals surface area contributed by atoms with Crippen molar-refractivity contribution in [3.05, 3.63) is 22.7 Å². The van der Waals surface area contributed by atoms with Gasteiger partial charge < -0.3 is 20.9 Å². The van der Waals surface area contributed by atoms with Gasteiger partial charge in [0.05, 0.1) is 5.69 Å². The molecule has 21 heavy (non-hydrogen) atoms. The Morgan fingerprint density at radius 2 is 2.43 bits per heavy atom. The Bertz CT molecular complexity index is 658. The summed E-state index contributed by atoms with van der Waals surface area (Å²) >= 11 is 1.16. The number of hydrogen-bond donors (Lipinski definition) is 3. The van der Waals surface area contributed by atoms with Crippen LogP contribution in [0, 0.1) is 11.3 Å². The predicted molar refractivity (Wildman–Crippen MR) is 77.9 cm³/mol. The van der Waals surface area contributed by atoms with Crippen molar-refractivity contribution in [3.63, 3.8) is 0 Å². The van der Waals surface area contributed by atoms with E-state index in [1.807, 2.05) is 13.0 Å². The van der Waals surface area contributed by atoms with Crippen molar-refractivity contribution in [2.75, 3.05) is 24.1 Å². The van der Waals surface area contributed by atoms with E-state index in [0.29, 0.717) is 35.3 Å². The molecule has 0 radical (unpaired) electrons. The molecule has 0 aliphatic heterocycles. The van der Waals surface area contributed by atoms with E-state index in [2.05, 4.69) is 20.8 Å². The first-order valence-corrected chi connectivity index (χ1v) is 7.09. The summed E-state index contributed by atoms with van der Waals surface area (Å²) in [5, 5.41) is 19.0. The fourth-order valence-electron chi connectivity index (χ4n) is 1.68. The highest BCUT2D eigenvalue weighted by Gasteiger charge is 2.20. The van der Waals surface area contributed by atoms with Crippen LogP contribution >= 0.6 is 11.3 Å². The van der Waals surface area contributed by atoms with Gasteiger partial charge in [0.15, 0.2) is 6.33 Å². The number of rotatable bonds is 6. The monoisotopic (exact) mass is 306 g/mol. The molecule has 0 aliphatic carbocycles. The average Bonchev–Trinajstić information content (AvgIpc) is 3.07. The van der Waals surface area contributed by atoms with Crippen LogP contribution in [0.3, 0.4) is 0 Å². The number of nitriles is 1. The number of nitrogen functional groups attached to an aromatic ring is 1. The lowest BCUT2D eigenvalue weighted by molar-refractivity contribution is 0.0960. The van der Waals surface area contributed by atoms with Crippen LogP contribution < -0.4 is 16.4 Å². The summed E-state index contributed by atoms with van der Waals surface area (Å²) in [4.78, 5) is 16.1. The van der Waals surface area contributed by atoms with Crippen molar-refractivity contribution in [3.8, 4) is 6.07 Å². The van der Waals surface area contributed by atoms with E-state index in [-0.39, 0.29) is 17.2 Å². The molecule has 0 saturated heterocycles. The van der Waals surface area contributed by atoms with Gasteiger partial charge in [0.2, 0.25) is 5.89 Å². The van der Waals surface area contributed by atoms with Gasteiger partial charge >= 0.3 is 0 Å². The number of carbonyl (C=O) groups is 1. The maximum atomic E-state index is 11.9. The Kier molecular flexibility index (Phi) is 4.73. The summed E-state index contributed by atoms with van der Waals surface area (Å²) in [6, 6.07) is 2.02. The van der Waals surface area contributed by atoms with E-state index < -0.39 is 0 Å². The lowest BCUT2D eigenvalue weighted by Crippen LogP contribution is -2.22. The molecule has 8 nitrogen and oxygen atoms in total. The van der Waals surface area contributed by atoms with E-state index in [0.717, 1.165) is 11.3 Å². The molecule has 9 heteroatoms. The normalized spacial score (nSPS) is 10.1. The number of carbonyl (C=O) groups excluding carboxylic acids is 1. The third-order valence-corrected chi connectivity index (χ3v) is 3.79. The molecule has 2 rings (SSSR count). The number of hydrogen-bond acceptors (Lipinski definition) is 8. The maximum absolute atomic E-state index is 11.9. The predicted octanol–water partition coefficient (Wildman–Crippen LogP) is 0.989. The van der Waals surface area contributed by atoms with Crippen LogP contribution in [0.5, 0.6) is 0 Å². The fraction of sp³-hybridized carbons (Fsp3) is 0.333. The second kappa shape index (κ2) is 6.71. The Balaban J connectivity index is 2.10. The van der Waals surface area contributed by atoms with Crippen molar-refractivity contribution in [1.29, 1.82) is 5.26 Å². The number of aromatic nitrogens is 2. The minimum atomic E-state index is -0.276. The summed E-state index contributed by atoms with van der Waals surface area (Å²) in [7, 11) is 0. The van der Waals surface area contributed by atoms with E-state index in [1.165, 1.54) is 6.33 Å². The zero-order chi connectivity index (χ0) is 15.2. The molecule has 0 saturated carbocycles. The summed E-state index contributed by atoms with van der Waals surface area (Å²) < 4.78 is 4.88. The standard InChI is InChI=1S/C12H14N6O2S/c1-2-15-11(19)10-9(14)7(5-13)12(21-10)16-4-3-8-17-6-18-20-8/h6,16H,2-4,14H2,1H3,(H,15,19). The second-order valence-electron chi connectivity index (χ2n) is 4.03. The quantitative estimate of drug-likeness (QED) is 0.725. The van der Waals surface area contributed by atoms with Crippen molar-refractivity contribution >= 4 is 27.9 Å². The molecule has 0 aliphatic rings. The lowest BCUT2D eigenvalue weighted by atomic mass is 10.2. The molecule has 0 atom stereocenters. The van der Waals surface area contributed by atoms with Gasteiger partial charge in [-0.15, -0.1) is 11.3 Å². The van der Waals surface area contributed by atoms with Crippen LogP contribution in [0.15, 0.2) is 10.9 Å². The maximum Gasteiger partial charge on any atom is 0.263 e. The number of nitrogens with zero attached hydrogens (tertiary/aromatic N) is 3. The van der Waals surface area contributed by atoms with Gasteiger partial charge in [0, 0.05) is 19.5 Å². The molecule has 4 N–H and O–H groups in total. The van der Waals surface area contributed by atoms with Crippen LogP contribution in [0.1, 0.15) is 28.0 Å². The fourth-order valence-corrected chi connectivity index (χ4v) is 2.69. The molecule has 0 bridgehead atoms. The smallest absolute Gasteiger partial charge is 0.263 e. The molecule has 0 unspecified atom stereocenters.